The van der Waals surface area contributed by atoms with Crippen molar-refractivity contribution in [3.05, 3.63) is 34.6 Å². The quantitative estimate of drug-likeness (QED) is 0.714. The van der Waals surface area contributed by atoms with Crippen LogP contribution in [0, 0.1) is 0 Å². The van der Waals surface area contributed by atoms with E-state index in [1.807, 2.05) is 24.3 Å². The predicted octanol–water partition coefficient (Wildman–Crippen LogP) is 1.42. The molecule has 1 aliphatic heterocycles. The zero-order valence-electron chi connectivity index (χ0n) is 14.1. The molecule has 1 saturated heterocycles. The van der Waals surface area contributed by atoms with Crippen LogP contribution in [-0.2, 0) is 16.8 Å². The first-order chi connectivity index (χ1) is 11.9. The van der Waals surface area contributed by atoms with Gasteiger partial charge in [-0.15, -0.1) is 10.2 Å². The monoisotopic (exact) mass is 429 g/mol. The topological polar surface area (TPSA) is 82.8 Å². The molecule has 0 amide bonds. The SMILES string of the molecule is CN(C)S(=O)(=O)N1CCN(Cc2nnc(-c3ccccc3Br)o2)CC1. The Morgan fingerprint density at radius 1 is 1.16 bits per heavy atom. The van der Waals surface area contributed by atoms with E-state index in [0.717, 1.165) is 10.0 Å². The molecule has 0 saturated carbocycles. The van der Waals surface area contributed by atoms with Gasteiger partial charge in [0, 0.05) is 44.7 Å². The molecule has 1 fully saturated rings. The first kappa shape index (κ1) is 18.5. The smallest absolute Gasteiger partial charge is 0.281 e. The Labute approximate surface area is 155 Å². The van der Waals surface area contributed by atoms with Gasteiger partial charge in [0.25, 0.3) is 10.2 Å². The highest BCUT2D eigenvalue weighted by molar-refractivity contribution is 9.10. The average molecular weight is 430 g/mol. The van der Waals surface area contributed by atoms with E-state index in [9.17, 15) is 8.42 Å². The summed E-state index contributed by atoms with van der Waals surface area (Å²) in [5, 5.41) is 8.21. The Hall–Kier alpha value is -1.33. The molecule has 3 rings (SSSR count). The Morgan fingerprint density at radius 3 is 2.48 bits per heavy atom. The molecule has 0 radical (unpaired) electrons. The van der Waals surface area contributed by atoms with E-state index >= 15 is 0 Å². The van der Waals surface area contributed by atoms with E-state index in [1.165, 1.54) is 8.61 Å². The van der Waals surface area contributed by atoms with Crippen LogP contribution in [0.4, 0.5) is 0 Å². The number of benzene rings is 1. The van der Waals surface area contributed by atoms with Crippen LogP contribution in [0.1, 0.15) is 5.89 Å². The third-order valence-electron chi connectivity index (χ3n) is 4.05. The summed E-state index contributed by atoms with van der Waals surface area (Å²) in [4.78, 5) is 2.11. The fourth-order valence-electron chi connectivity index (χ4n) is 2.60. The van der Waals surface area contributed by atoms with Crippen molar-refractivity contribution in [1.29, 1.82) is 0 Å². The van der Waals surface area contributed by atoms with E-state index in [2.05, 4.69) is 31.0 Å². The Bertz CT molecular complexity index is 831. The van der Waals surface area contributed by atoms with Gasteiger partial charge in [0.2, 0.25) is 11.8 Å². The number of nitrogens with zero attached hydrogens (tertiary/aromatic N) is 5. The highest BCUT2D eigenvalue weighted by atomic mass is 79.9. The molecule has 1 aromatic heterocycles. The van der Waals surface area contributed by atoms with E-state index in [0.29, 0.717) is 44.5 Å². The zero-order valence-corrected chi connectivity index (χ0v) is 16.5. The van der Waals surface area contributed by atoms with E-state index < -0.39 is 10.2 Å². The molecular weight excluding hydrogens is 410 g/mol. The molecule has 0 spiro atoms. The van der Waals surface area contributed by atoms with Gasteiger partial charge in [-0.3, -0.25) is 4.90 Å². The summed E-state index contributed by atoms with van der Waals surface area (Å²) in [5.74, 6) is 0.992. The van der Waals surface area contributed by atoms with Crippen molar-refractivity contribution in [2.75, 3.05) is 40.3 Å². The third kappa shape index (κ3) is 4.09. The minimum atomic E-state index is -3.35. The summed E-state index contributed by atoms with van der Waals surface area (Å²) < 4.78 is 33.6. The van der Waals surface area contributed by atoms with Gasteiger partial charge in [-0.05, 0) is 28.1 Å². The van der Waals surface area contributed by atoms with Crippen molar-refractivity contribution in [1.82, 2.24) is 23.7 Å². The molecule has 1 aromatic carbocycles. The van der Waals surface area contributed by atoms with Crippen LogP contribution in [0.5, 0.6) is 0 Å². The van der Waals surface area contributed by atoms with Crippen molar-refractivity contribution in [2.45, 2.75) is 6.54 Å². The second-order valence-electron chi connectivity index (χ2n) is 5.95. The van der Waals surface area contributed by atoms with Crippen molar-refractivity contribution in [2.24, 2.45) is 0 Å². The lowest BCUT2D eigenvalue weighted by atomic mass is 10.2. The standard InChI is InChI=1S/C15H20BrN5O3S/c1-19(2)25(22,23)21-9-7-20(8-10-21)11-14-17-18-15(24-14)12-5-3-4-6-13(12)16/h3-6H,7-11H2,1-2H3. The van der Waals surface area contributed by atoms with Crippen LogP contribution in [0.25, 0.3) is 11.5 Å². The Balaban J connectivity index is 1.61. The van der Waals surface area contributed by atoms with E-state index in [-0.39, 0.29) is 0 Å². The lowest BCUT2D eigenvalue weighted by Gasteiger charge is -2.34. The first-order valence-corrected chi connectivity index (χ1v) is 10.0. The summed E-state index contributed by atoms with van der Waals surface area (Å²) in [7, 11) is -0.259. The summed E-state index contributed by atoms with van der Waals surface area (Å²) in [5.41, 5.74) is 0.850. The van der Waals surface area contributed by atoms with Gasteiger partial charge in [-0.25, -0.2) is 0 Å². The lowest BCUT2D eigenvalue weighted by Crippen LogP contribution is -2.51. The molecule has 136 valence electrons. The highest BCUT2D eigenvalue weighted by Crippen LogP contribution is 2.27. The molecular formula is C15H20BrN5O3S. The van der Waals surface area contributed by atoms with Crippen LogP contribution in [0.15, 0.2) is 33.2 Å². The maximum atomic E-state index is 12.1. The molecule has 8 nitrogen and oxygen atoms in total. The van der Waals surface area contributed by atoms with Gasteiger partial charge in [0.15, 0.2) is 0 Å². The molecule has 0 bridgehead atoms. The van der Waals surface area contributed by atoms with Crippen LogP contribution in [-0.4, -0.2) is 72.4 Å². The number of hydrogen-bond donors (Lipinski definition) is 0. The van der Waals surface area contributed by atoms with Gasteiger partial charge < -0.3 is 4.42 Å². The third-order valence-corrected chi connectivity index (χ3v) is 6.68. The predicted molar refractivity (Wildman–Crippen MR) is 96.9 cm³/mol. The van der Waals surface area contributed by atoms with Crippen LogP contribution in [0.3, 0.4) is 0 Å². The molecule has 2 heterocycles. The Kier molecular flexibility index (Phi) is 5.54. The van der Waals surface area contributed by atoms with Crippen molar-refractivity contribution in [3.63, 3.8) is 0 Å². The second-order valence-corrected chi connectivity index (χ2v) is 8.94. The highest BCUT2D eigenvalue weighted by Gasteiger charge is 2.29. The van der Waals surface area contributed by atoms with Gasteiger partial charge in [-0.1, -0.05) is 12.1 Å². The van der Waals surface area contributed by atoms with Gasteiger partial charge in [-0.2, -0.15) is 17.0 Å². The summed E-state index contributed by atoms with van der Waals surface area (Å²) in [6, 6.07) is 7.66. The van der Waals surface area contributed by atoms with Crippen LogP contribution < -0.4 is 0 Å². The molecule has 25 heavy (non-hydrogen) atoms. The molecule has 0 aliphatic carbocycles. The van der Waals surface area contributed by atoms with Gasteiger partial charge >= 0.3 is 0 Å². The molecule has 1 aliphatic rings. The van der Waals surface area contributed by atoms with Gasteiger partial charge in [0.05, 0.1) is 12.1 Å². The number of piperazine rings is 1. The Morgan fingerprint density at radius 2 is 1.84 bits per heavy atom. The van der Waals surface area contributed by atoms with Crippen molar-refractivity contribution < 1.29 is 12.8 Å². The fourth-order valence-corrected chi connectivity index (χ4v) is 4.14. The molecule has 0 unspecified atom stereocenters. The molecule has 0 atom stereocenters. The van der Waals surface area contributed by atoms with Crippen LogP contribution >= 0.6 is 15.9 Å². The summed E-state index contributed by atoms with van der Waals surface area (Å²) in [6.45, 7) is 2.66. The maximum Gasteiger partial charge on any atom is 0.281 e. The summed E-state index contributed by atoms with van der Waals surface area (Å²) >= 11 is 3.47. The van der Waals surface area contributed by atoms with E-state index in [4.69, 9.17) is 4.42 Å². The number of halogens is 1. The van der Waals surface area contributed by atoms with E-state index in [1.54, 1.807) is 14.1 Å². The minimum Gasteiger partial charge on any atom is -0.419 e. The fraction of sp³-hybridized carbons (Fsp3) is 0.467. The first-order valence-electron chi connectivity index (χ1n) is 7.85. The minimum absolute atomic E-state index is 0.450. The average Bonchev–Trinajstić information content (AvgIpc) is 3.04. The molecule has 10 heteroatoms. The largest absolute Gasteiger partial charge is 0.419 e. The van der Waals surface area contributed by atoms with Crippen molar-refractivity contribution >= 4 is 26.1 Å². The number of hydrogen-bond acceptors (Lipinski definition) is 6. The number of aromatic nitrogens is 2. The van der Waals surface area contributed by atoms with Gasteiger partial charge in [0.1, 0.15) is 0 Å². The number of rotatable bonds is 5. The van der Waals surface area contributed by atoms with Crippen LogP contribution in [0.2, 0.25) is 0 Å². The van der Waals surface area contributed by atoms with Crippen molar-refractivity contribution in [3.8, 4) is 11.5 Å². The normalized spacial score (nSPS) is 17.3. The second kappa shape index (κ2) is 7.50. The summed E-state index contributed by atoms with van der Waals surface area (Å²) in [6.07, 6.45) is 0. The maximum absolute atomic E-state index is 12.1. The zero-order chi connectivity index (χ0) is 18.0. The molecule has 0 N–H and O–H groups in total. The molecule has 2 aromatic rings. The lowest BCUT2D eigenvalue weighted by molar-refractivity contribution is 0.165.